The Morgan fingerprint density at radius 3 is 2.24 bits per heavy atom. The largest absolute Gasteiger partial charge is 0.354 e. The van der Waals surface area contributed by atoms with E-state index in [1.54, 1.807) is 11.0 Å². The SMILES string of the molecule is CC[C@H](C(=O)NCC(C)C)N(CCc1ccccc1)C(=O)CCCN(c1cccc(C)c1C)S(C)(=O)=O. The third-order valence-electron chi connectivity index (χ3n) is 6.55. The summed E-state index contributed by atoms with van der Waals surface area (Å²) in [6.07, 6.45) is 2.83. The molecule has 2 rings (SSSR count). The van der Waals surface area contributed by atoms with Crippen molar-refractivity contribution in [3.05, 3.63) is 65.2 Å². The van der Waals surface area contributed by atoms with Gasteiger partial charge in [-0.25, -0.2) is 8.42 Å². The lowest BCUT2D eigenvalue weighted by Gasteiger charge is -2.31. The second-order valence-corrected chi connectivity index (χ2v) is 12.0. The Morgan fingerprint density at radius 2 is 1.65 bits per heavy atom. The summed E-state index contributed by atoms with van der Waals surface area (Å²) in [5, 5.41) is 2.97. The van der Waals surface area contributed by atoms with Crippen molar-refractivity contribution < 1.29 is 18.0 Å². The maximum absolute atomic E-state index is 13.5. The zero-order valence-electron chi connectivity index (χ0n) is 23.2. The molecule has 0 aliphatic heterocycles. The van der Waals surface area contributed by atoms with Gasteiger partial charge < -0.3 is 10.2 Å². The molecule has 0 fully saturated rings. The average molecular weight is 530 g/mol. The highest BCUT2D eigenvalue weighted by Crippen LogP contribution is 2.25. The maximum Gasteiger partial charge on any atom is 0.242 e. The van der Waals surface area contributed by atoms with Crippen LogP contribution in [0.4, 0.5) is 5.69 Å². The number of amides is 2. The van der Waals surface area contributed by atoms with Gasteiger partial charge in [-0.15, -0.1) is 0 Å². The van der Waals surface area contributed by atoms with Gasteiger partial charge in [-0.05, 0) is 61.8 Å². The summed E-state index contributed by atoms with van der Waals surface area (Å²) in [4.78, 5) is 28.2. The van der Waals surface area contributed by atoms with Crippen LogP contribution in [0.5, 0.6) is 0 Å². The molecule has 1 N–H and O–H groups in total. The smallest absolute Gasteiger partial charge is 0.242 e. The summed E-state index contributed by atoms with van der Waals surface area (Å²) in [5.41, 5.74) is 3.63. The molecule has 2 amide bonds. The molecule has 204 valence electrons. The zero-order chi connectivity index (χ0) is 27.6. The van der Waals surface area contributed by atoms with Crippen LogP contribution in [0.2, 0.25) is 0 Å². The molecule has 0 aliphatic rings. The fraction of sp³-hybridized carbons (Fsp3) is 0.517. The van der Waals surface area contributed by atoms with Crippen LogP contribution in [-0.4, -0.2) is 57.1 Å². The fourth-order valence-corrected chi connectivity index (χ4v) is 5.32. The first-order valence-corrected chi connectivity index (χ1v) is 15.0. The fourth-order valence-electron chi connectivity index (χ4n) is 4.31. The maximum atomic E-state index is 13.5. The normalized spacial score (nSPS) is 12.3. The van der Waals surface area contributed by atoms with E-state index in [0.717, 1.165) is 16.7 Å². The first kappa shape index (κ1) is 30.4. The van der Waals surface area contributed by atoms with E-state index in [0.29, 0.717) is 44.0 Å². The zero-order valence-corrected chi connectivity index (χ0v) is 24.0. The Balaban J connectivity index is 2.18. The molecule has 2 aromatic carbocycles. The Kier molecular flexibility index (Phi) is 11.6. The molecular formula is C29H43N3O4S. The monoisotopic (exact) mass is 529 g/mol. The minimum absolute atomic E-state index is 0.142. The lowest BCUT2D eigenvalue weighted by Crippen LogP contribution is -2.50. The van der Waals surface area contributed by atoms with Gasteiger partial charge in [-0.3, -0.25) is 13.9 Å². The topological polar surface area (TPSA) is 86.8 Å². The van der Waals surface area contributed by atoms with Crippen molar-refractivity contribution in [2.45, 2.75) is 66.3 Å². The average Bonchev–Trinajstić information content (AvgIpc) is 2.84. The number of hydrogen-bond acceptors (Lipinski definition) is 4. The number of nitrogens with one attached hydrogen (secondary N) is 1. The quantitative estimate of drug-likeness (QED) is 0.391. The van der Waals surface area contributed by atoms with E-state index < -0.39 is 16.1 Å². The number of rotatable bonds is 14. The van der Waals surface area contributed by atoms with Crippen LogP contribution in [0, 0.1) is 19.8 Å². The molecule has 0 saturated carbocycles. The number of sulfonamides is 1. The van der Waals surface area contributed by atoms with Crippen molar-refractivity contribution in [1.29, 1.82) is 0 Å². The third kappa shape index (κ3) is 9.18. The van der Waals surface area contributed by atoms with Gasteiger partial charge in [-0.2, -0.15) is 0 Å². The van der Waals surface area contributed by atoms with E-state index in [4.69, 9.17) is 0 Å². The van der Waals surface area contributed by atoms with E-state index in [2.05, 4.69) is 5.32 Å². The van der Waals surface area contributed by atoms with Gasteiger partial charge in [0.05, 0.1) is 11.9 Å². The van der Waals surface area contributed by atoms with E-state index in [-0.39, 0.29) is 24.8 Å². The van der Waals surface area contributed by atoms with Crippen molar-refractivity contribution >= 4 is 27.5 Å². The highest BCUT2D eigenvalue weighted by Gasteiger charge is 2.28. The molecule has 1 atom stereocenters. The second-order valence-electron chi connectivity index (χ2n) is 10.0. The molecule has 0 bridgehead atoms. The summed E-state index contributed by atoms with van der Waals surface area (Å²) >= 11 is 0. The van der Waals surface area contributed by atoms with Crippen LogP contribution in [-0.2, 0) is 26.0 Å². The molecule has 0 aromatic heterocycles. The van der Waals surface area contributed by atoms with Gasteiger partial charge in [0.15, 0.2) is 0 Å². The highest BCUT2D eigenvalue weighted by atomic mass is 32.2. The number of anilines is 1. The van der Waals surface area contributed by atoms with E-state index >= 15 is 0 Å². The van der Waals surface area contributed by atoms with Crippen LogP contribution in [0.1, 0.15) is 56.7 Å². The number of benzene rings is 2. The number of carbonyl (C=O) groups is 2. The molecule has 7 nitrogen and oxygen atoms in total. The summed E-state index contributed by atoms with van der Waals surface area (Å²) in [6, 6.07) is 14.9. The third-order valence-corrected chi connectivity index (χ3v) is 7.73. The van der Waals surface area contributed by atoms with Gasteiger partial charge in [0.25, 0.3) is 0 Å². The molecule has 0 spiro atoms. The first-order chi connectivity index (χ1) is 17.5. The molecule has 37 heavy (non-hydrogen) atoms. The number of aryl methyl sites for hydroxylation is 1. The van der Waals surface area contributed by atoms with Crippen LogP contribution in [0.25, 0.3) is 0 Å². The van der Waals surface area contributed by atoms with Crippen LogP contribution < -0.4 is 9.62 Å². The lowest BCUT2D eigenvalue weighted by atomic mass is 10.1. The van der Waals surface area contributed by atoms with E-state index in [9.17, 15) is 18.0 Å². The number of nitrogens with zero attached hydrogens (tertiary/aromatic N) is 2. The summed E-state index contributed by atoms with van der Waals surface area (Å²) in [5.74, 6) is 0.0182. The molecule has 2 aromatic rings. The van der Waals surface area contributed by atoms with Crippen molar-refractivity contribution in [2.24, 2.45) is 5.92 Å². The van der Waals surface area contributed by atoms with Crippen molar-refractivity contribution in [2.75, 3.05) is 30.2 Å². The minimum atomic E-state index is -3.53. The molecule has 0 saturated heterocycles. The van der Waals surface area contributed by atoms with Crippen molar-refractivity contribution in [3.63, 3.8) is 0 Å². The molecule has 0 aliphatic carbocycles. The minimum Gasteiger partial charge on any atom is -0.354 e. The first-order valence-electron chi connectivity index (χ1n) is 13.1. The van der Waals surface area contributed by atoms with Gasteiger partial charge in [0, 0.05) is 26.1 Å². The standard InChI is InChI=1S/C29H43N3O4S/c1-7-26(29(34)30-21-22(2)3)31(20-18-25-14-9-8-10-15-25)28(33)17-12-19-32(37(6,35)36)27-16-11-13-23(4)24(27)5/h8-11,13-16,22,26H,7,12,17-21H2,1-6H3,(H,30,34)/t26-/m1/s1. The second kappa shape index (κ2) is 14.2. The van der Waals surface area contributed by atoms with Crippen LogP contribution >= 0.6 is 0 Å². The van der Waals surface area contributed by atoms with Gasteiger partial charge >= 0.3 is 0 Å². The Hall–Kier alpha value is -2.87. The number of hydrogen-bond donors (Lipinski definition) is 1. The highest BCUT2D eigenvalue weighted by molar-refractivity contribution is 7.92. The molecule has 8 heteroatoms. The Morgan fingerprint density at radius 1 is 0.973 bits per heavy atom. The van der Waals surface area contributed by atoms with E-state index in [1.165, 1.54) is 10.6 Å². The van der Waals surface area contributed by atoms with Crippen molar-refractivity contribution in [3.8, 4) is 0 Å². The molecule has 0 heterocycles. The molecule has 0 radical (unpaired) electrons. The summed E-state index contributed by atoms with van der Waals surface area (Å²) < 4.78 is 26.6. The lowest BCUT2D eigenvalue weighted by molar-refractivity contribution is -0.140. The van der Waals surface area contributed by atoms with Crippen molar-refractivity contribution in [1.82, 2.24) is 10.2 Å². The van der Waals surface area contributed by atoms with E-state index in [1.807, 2.05) is 77.1 Å². The summed E-state index contributed by atoms with van der Waals surface area (Å²) in [7, 11) is -3.53. The summed E-state index contributed by atoms with van der Waals surface area (Å²) in [6.45, 7) is 11.0. The van der Waals surface area contributed by atoms with Crippen LogP contribution in [0.3, 0.4) is 0 Å². The van der Waals surface area contributed by atoms with Gasteiger partial charge in [0.1, 0.15) is 6.04 Å². The number of carbonyl (C=O) groups excluding carboxylic acids is 2. The molecule has 0 unspecified atom stereocenters. The predicted molar refractivity (Wildman–Crippen MR) is 151 cm³/mol. The Labute approximate surface area is 223 Å². The Bertz CT molecular complexity index is 1130. The molecular weight excluding hydrogens is 486 g/mol. The van der Waals surface area contributed by atoms with Gasteiger partial charge in [-0.1, -0.05) is 63.2 Å². The van der Waals surface area contributed by atoms with Gasteiger partial charge in [0.2, 0.25) is 21.8 Å². The van der Waals surface area contributed by atoms with Crippen LogP contribution in [0.15, 0.2) is 48.5 Å². The predicted octanol–water partition coefficient (Wildman–Crippen LogP) is 4.47.